The SMILES string of the molecule is Cc1ccc(NC(=O)CCN2c3ccccc3CC2C)cc1Cl. The van der Waals surface area contributed by atoms with Gasteiger partial charge in [0.2, 0.25) is 5.91 Å². The first-order chi connectivity index (χ1) is 11.0. The molecule has 2 aromatic carbocycles. The molecule has 0 fully saturated rings. The standard InChI is InChI=1S/C19H21ClN2O/c1-13-7-8-16(12-17(13)20)21-19(23)9-10-22-14(2)11-15-5-3-4-6-18(15)22/h3-8,12,14H,9-11H2,1-2H3,(H,21,23). The normalized spacial score (nSPS) is 16.3. The number of carbonyl (C=O) groups excluding carboxylic acids is 1. The molecule has 2 aromatic rings. The molecular formula is C19H21ClN2O. The molecule has 0 spiro atoms. The second-order valence-electron chi connectivity index (χ2n) is 6.14. The van der Waals surface area contributed by atoms with Crippen LogP contribution in [0.2, 0.25) is 5.02 Å². The van der Waals surface area contributed by atoms with Crippen LogP contribution in [0.15, 0.2) is 42.5 Å². The average Bonchev–Trinajstić information content (AvgIpc) is 2.84. The van der Waals surface area contributed by atoms with Crippen molar-refractivity contribution >= 4 is 28.9 Å². The summed E-state index contributed by atoms with van der Waals surface area (Å²) >= 11 is 6.09. The molecule has 3 nitrogen and oxygen atoms in total. The van der Waals surface area contributed by atoms with Crippen molar-refractivity contribution in [2.45, 2.75) is 32.7 Å². The number of halogens is 1. The molecule has 0 aromatic heterocycles. The predicted octanol–water partition coefficient (Wildman–Crippen LogP) is 4.43. The number of hydrogen-bond acceptors (Lipinski definition) is 2. The number of carbonyl (C=O) groups is 1. The number of anilines is 2. The maximum atomic E-state index is 12.2. The Morgan fingerprint density at radius 2 is 2.09 bits per heavy atom. The molecule has 1 N–H and O–H groups in total. The van der Waals surface area contributed by atoms with E-state index in [2.05, 4.69) is 41.4 Å². The smallest absolute Gasteiger partial charge is 0.226 e. The molecule has 0 saturated heterocycles. The zero-order valence-corrected chi connectivity index (χ0v) is 14.2. The van der Waals surface area contributed by atoms with Crippen molar-refractivity contribution in [3.05, 3.63) is 58.6 Å². The summed E-state index contributed by atoms with van der Waals surface area (Å²) in [6.07, 6.45) is 1.51. The zero-order valence-electron chi connectivity index (χ0n) is 13.5. The molecule has 1 atom stereocenters. The number of amides is 1. The molecular weight excluding hydrogens is 308 g/mol. The first-order valence-electron chi connectivity index (χ1n) is 7.95. The molecule has 1 aliphatic rings. The van der Waals surface area contributed by atoms with Crippen LogP contribution in [0.4, 0.5) is 11.4 Å². The summed E-state index contributed by atoms with van der Waals surface area (Å²) in [5, 5.41) is 3.59. The molecule has 1 aliphatic heterocycles. The van der Waals surface area contributed by atoms with Gasteiger partial charge in [-0.1, -0.05) is 35.9 Å². The van der Waals surface area contributed by atoms with Crippen LogP contribution < -0.4 is 10.2 Å². The Labute approximate surface area is 142 Å². The average molecular weight is 329 g/mol. The van der Waals surface area contributed by atoms with Gasteiger partial charge in [-0.05, 0) is 49.6 Å². The summed E-state index contributed by atoms with van der Waals surface area (Å²) in [5.74, 6) is 0.0153. The van der Waals surface area contributed by atoms with Gasteiger partial charge in [-0.25, -0.2) is 0 Å². The van der Waals surface area contributed by atoms with E-state index in [4.69, 9.17) is 11.6 Å². The number of aryl methyl sites for hydroxylation is 1. The molecule has 1 heterocycles. The van der Waals surface area contributed by atoms with Crippen LogP contribution in [0.25, 0.3) is 0 Å². The molecule has 1 unspecified atom stereocenters. The number of nitrogens with one attached hydrogen (secondary N) is 1. The van der Waals surface area contributed by atoms with Gasteiger partial charge in [-0.15, -0.1) is 0 Å². The van der Waals surface area contributed by atoms with Crippen LogP contribution in [0.5, 0.6) is 0 Å². The molecule has 23 heavy (non-hydrogen) atoms. The van der Waals surface area contributed by atoms with E-state index in [1.807, 2.05) is 19.1 Å². The third-order valence-electron chi connectivity index (χ3n) is 4.38. The Morgan fingerprint density at radius 3 is 2.87 bits per heavy atom. The van der Waals surface area contributed by atoms with E-state index in [9.17, 15) is 4.79 Å². The van der Waals surface area contributed by atoms with E-state index in [0.29, 0.717) is 17.5 Å². The quantitative estimate of drug-likeness (QED) is 0.900. The summed E-state index contributed by atoms with van der Waals surface area (Å²) in [6, 6.07) is 14.5. The van der Waals surface area contributed by atoms with Gasteiger partial charge >= 0.3 is 0 Å². The number of benzene rings is 2. The van der Waals surface area contributed by atoms with Crippen LogP contribution >= 0.6 is 11.6 Å². The molecule has 0 bridgehead atoms. The summed E-state index contributed by atoms with van der Waals surface area (Å²) in [7, 11) is 0. The van der Waals surface area contributed by atoms with Crippen molar-refractivity contribution in [2.75, 3.05) is 16.8 Å². The van der Waals surface area contributed by atoms with Gasteiger partial charge < -0.3 is 10.2 Å². The third-order valence-corrected chi connectivity index (χ3v) is 4.79. The topological polar surface area (TPSA) is 32.3 Å². The number of rotatable bonds is 4. The second-order valence-corrected chi connectivity index (χ2v) is 6.54. The fourth-order valence-corrected chi connectivity index (χ4v) is 3.27. The Hall–Kier alpha value is -2.00. The molecule has 4 heteroatoms. The van der Waals surface area contributed by atoms with Crippen molar-refractivity contribution in [1.29, 1.82) is 0 Å². The Kier molecular flexibility index (Phi) is 4.58. The summed E-state index contributed by atoms with van der Waals surface area (Å²) < 4.78 is 0. The molecule has 3 rings (SSSR count). The van der Waals surface area contributed by atoms with Crippen molar-refractivity contribution < 1.29 is 4.79 Å². The Balaban J connectivity index is 1.60. The highest BCUT2D eigenvalue weighted by Crippen LogP contribution is 2.31. The minimum atomic E-state index is 0.0153. The second kappa shape index (κ2) is 6.63. The summed E-state index contributed by atoms with van der Waals surface area (Å²) in [4.78, 5) is 14.5. The largest absolute Gasteiger partial charge is 0.368 e. The molecule has 0 radical (unpaired) electrons. The lowest BCUT2D eigenvalue weighted by Crippen LogP contribution is -2.32. The van der Waals surface area contributed by atoms with Crippen molar-refractivity contribution in [3.8, 4) is 0 Å². The lowest BCUT2D eigenvalue weighted by atomic mass is 10.1. The number of fused-ring (bicyclic) bond motifs is 1. The van der Waals surface area contributed by atoms with Gasteiger partial charge in [-0.3, -0.25) is 4.79 Å². The van der Waals surface area contributed by atoms with Crippen LogP contribution in [0.1, 0.15) is 24.5 Å². The van der Waals surface area contributed by atoms with E-state index in [0.717, 1.165) is 24.2 Å². The molecule has 0 aliphatic carbocycles. The first-order valence-corrected chi connectivity index (χ1v) is 8.33. The van der Waals surface area contributed by atoms with Gasteiger partial charge in [-0.2, -0.15) is 0 Å². The lowest BCUT2D eigenvalue weighted by Gasteiger charge is -2.24. The van der Waals surface area contributed by atoms with E-state index in [1.165, 1.54) is 11.3 Å². The highest BCUT2D eigenvalue weighted by atomic mass is 35.5. The molecule has 0 saturated carbocycles. The zero-order chi connectivity index (χ0) is 16.4. The number of nitrogens with zero attached hydrogens (tertiary/aromatic N) is 1. The van der Waals surface area contributed by atoms with Crippen molar-refractivity contribution in [3.63, 3.8) is 0 Å². The monoisotopic (exact) mass is 328 g/mol. The minimum absolute atomic E-state index is 0.0153. The first kappa shape index (κ1) is 15.9. The minimum Gasteiger partial charge on any atom is -0.368 e. The fourth-order valence-electron chi connectivity index (χ4n) is 3.09. The number of hydrogen-bond donors (Lipinski definition) is 1. The van der Waals surface area contributed by atoms with E-state index in [1.54, 1.807) is 6.07 Å². The van der Waals surface area contributed by atoms with E-state index >= 15 is 0 Å². The van der Waals surface area contributed by atoms with Crippen molar-refractivity contribution in [1.82, 2.24) is 0 Å². The Morgan fingerprint density at radius 1 is 1.30 bits per heavy atom. The van der Waals surface area contributed by atoms with Gasteiger partial charge in [0.15, 0.2) is 0 Å². The molecule has 1 amide bonds. The summed E-state index contributed by atoms with van der Waals surface area (Å²) in [5.41, 5.74) is 4.38. The number of para-hydroxylation sites is 1. The maximum absolute atomic E-state index is 12.2. The van der Waals surface area contributed by atoms with E-state index in [-0.39, 0.29) is 5.91 Å². The van der Waals surface area contributed by atoms with Crippen LogP contribution in [-0.2, 0) is 11.2 Å². The third kappa shape index (κ3) is 3.50. The Bertz CT molecular complexity index is 729. The lowest BCUT2D eigenvalue weighted by molar-refractivity contribution is -0.116. The van der Waals surface area contributed by atoms with E-state index < -0.39 is 0 Å². The predicted molar refractivity (Wildman–Crippen MR) is 96.4 cm³/mol. The van der Waals surface area contributed by atoms with Gasteiger partial charge in [0.25, 0.3) is 0 Å². The molecule has 120 valence electrons. The highest BCUT2D eigenvalue weighted by Gasteiger charge is 2.25. The highest BCUT2D eigenvalue weighted by molar-refractivity contribution is 6.31. The van der Waals surface area contributed by atoms with Crippen LogP contribution in [0, 0.1) is 6.92 Å². The van der Waals surface area contributed by atoms with Crippen LogP contribution in [-0.4, -0.2) is 18.5 Å². The van der Waals surface area contributed by atoms with Gasteiger partial charge in [0.1, 0.15) is 0 Å². The maximum Gasteiger partial charge on any atom is 0.226 e. The van der Waals surface area contributed by atoms with Crippen LogP contribution in [0.3, 0.4) is 0 Å². The van der Waals surface area contributed by atoms with Gasteiger partial charge in [0.05, 0.1) is 0 Å². The fraction of sp³-hybridized carbons (Fsp3) is 0.316. The summed E-state index contributed by atoms with van der Waals surface area (Å²) in [6.45, 7) is 4.88. The van der Waals surface area contributed by atoms with Gasteiger partial charge in [0, 0.05) is 35.4 Å². The van der Waals surface area contributed by atoms with Crippen molar-refractivity contribution in [2.24, 2.45) is 0 Å².